The van der Waals surface area contributed by atoms with E-state index in [0.29, 0.717) is 11.3 Å². The normalized spacial score (nSPS) is 11.5. The molecule has 2 rings (SSSR count). The van der Waals surface area contributed by atoms with Crippen molar-refractivity contribution >= 4 is 17.5 Å². The van der Waals surface area contributed by atoms with Gasteiger partial charge in [0.2, 0.25) is 5.91 Å². The third-order valence-corrected chi connectivity index (χ3v) is 2.87. The molecule has 1 heterocycles. The number of nitrogens with one attached hydrogen (secondary N) is 2. The summed E-state index contributed by atoms with van der Waals surface area (Å²) >= 11 is 0. The summed E-state index contributed by atoms with van der Waals surface area (Å²) < 4.78 is 0. The summed E-state index contributed by atoms with van der Waals surface area (Å²) in [7, 11) is 0. The molecule has 0 fully saturated rings. The minimum atomic E-state index is -0.250. The number of carbonyl (C=O) groups is 2. The number of rotatable bonds is 5. The van der Waals surface area contributed by atoms with E-state index in [1.54, 1.807) is 55.7 Å². The number of aromatic nitrogens is 1. The molecule has 0 saturated carbocycles. The van der Waals surface area contributed by atoms with Gasteiger partial charge in [-0.05, 0) is 31.2 Å². The van der Waals surface area contributed by atoms with E-state index < -0.39 is 0 Å². The van der Waals surface area contributed by atoms with Crippen LogP contribution >= 0.6 is 0 Å². The van der Waals surface area contributed by atoms with Crippen LogP contribution in [0.2, 0.25) is 0 Å². The van der Waals surface area contributed by atoms with Crippen LogP contribution in [-0.4, -0.2) is 22.8 Å². The third-order valence-electron chi connectivity index (χ3n) is 2.87. The van der Waals surface area contributed by atoms with Crippen LogP contribution in [0.1, 0.15) is 23.7 Å². The largest absolute Gasteiger partial charge is 0.349 e. The van der Waals surface area contributed by atoms with Crippen LogP contribution in [0.3, 0.4) is 0 Å². The molecule has 0 unspecified atom stereocenters. The number of anilines is 1. The summed E-state index contributed by atoms with van der Waals surface area (Å²) in [5.41, 5.74) is 1.27. The van der Waals surface area contributed by atoms with Gasteiger partial charge in [0.1, 0.15) is 0 Å². The molecule has 0 spiro atoms. The summed E-state index contributed by atoms with van der Waals surface area (Å²) in [6, 6.07) is 12.1. The van der Waals surface area contributed by atoms with Gasteiger partial charge in [0.05, 0.1) is 0 Å². The van der Waals surface area contributed by atoms with Gasteiger partial charge in [-0.1, -0.05) is 18.2 Å². The number of hydrogen-bond acceptors (Lipinski definition) is 3. The highest BCUT2D eigenvalue weighted by molar-refractivity contribution is 5.95. The van der Waals surface area contributed by atoms with Crippen LogP contribution in [0.15, 0.2) is 54.9 Å². The molecule has 0 aliphatic heterocycles. The molecule has 2 N–H and O–H groups in total. The zero-order chi connectivity index (χ0) is 15.1. The topological polar surface area (TPSA) is 71.1 Å². The van der Waals surface area contributed by atoms with Crippen molar-refractivity contribution in [3.8, 4) is 0 Å². The van der Waals surface area contributed by atoms with Crippen molar-refractivity contribution in [2.24, 2.45) is 0 Å². The Hall–Kier alpha value is -2.69. The van der Waals surface area contributed by atoms with E-state index in [2.05, 4.69) is 15.6 Å². The summed E-state index contributed by atoms with van der Waals surface area (Å²) in [5.74, 6) is -0.332. The monoisotopic (exact) mass is 283 g/mol. The Labute approximate surface area is 123 Å². The summed E-state index contributed by atoms with van der Waals surface area (Å²) in [6.07, 6.45) is 3.42. The number of hydrogen-bond donors (Lipinski definition) is 2. The van der Waals surface area contributed by atoms with E-state index >= 15 is 0 Å². The van der Waals surface area contributed by atoms with Crippen LogP contribution in [-0.2, 0) is 4.79 Å². The quantitative estimate of drug-likeness (QED) is 0.884. The molecule has 108 valence electrons. The number of pyridine rings is 1. The lowest BCUT2D eigenvalue weighted by Gasteiger charge is -2.13. The van der Waals surface area contributed by atoms with E-state index in [9.17, 15) is 9.59 Å². The molecule has 0 aliphatic rings. The Kier molecular flexibility index (Phi) is 5.04. The maximum atomic E-state index is 11.9. The number of nitrogens with zero attached hydrogens (tertiary/aromatic N) is 1. The van der Waals surface area contributed by atoms with E-state index in [4.69, 9.17) is 0 Å². The van der Waals surface area contributed by atoms with Crippen molar-refractivity contribution in [1.29, 1.82) is 0 Å². The fourth-order valence-corrected chi connectivity index (χ4v) is 1.87. The Morgan fingerprint density at radius 3 is 2.43 bits per heavy atom. The zero-order valence-electron chi connectivity index (χ0n) is 11.7. The maximum absolute atomic E-state index is 11.9. The average molecular weight is 283 g/mol. The molecule has 1 aromatic heterocycles. The second-order valence-corrected chi connectivity index (χ2v) is 4.73. The van der Waals surface area contributed by atoms with Crippen molar-refractivity contribution in [2.75, 3.05) is 5.32 Å². The first-order chi connectivity index (χ1) is 10.1. The van der Waals surface area contributed by atoms with E-state index in [-0.39, 0.29) is 24.3 Å². The van der Waals surface area contributed by atoms with E-state index in [1.165, 1.54) is 0 Å². The zero-order valence-corrected chi connectivity index (χ0v) is 11.7. The molecule has 5 nitrogen and oxygen atoms in total. The fourth-order valence-electron chi connectivity index (χ4n) is 1.87. The molecule has 0 radical (unpaired) electrons. The van der Waals surface area contributed by atoms with Gasteiger partial charge in [0.15, 0.2) is 0 Å². The smallest absolute Gasteiger partial charge is 0.251 e. The van der Waals surface area contributed by atoms with Crippen molar-refractivity contribution < 1.29 is 9.59 Å². The Morgan fingerprint density at radius 2 is 1.76 bits per heavy atom. The van der Waals surface area contributed by atoms with E-state index in [0.717, 1.165) is 0 Å². The molecule has 2 aromatic rings. The first kappa shape index (κ1) is 14.7. The Balaban J connectivity index is 1.83. The molecule has 21 heavy (non-hydrogen) atoms. The van der Waals surface area contributed by atoms with Gasteiger partial charge < -0.3 is 10.6 Å². The van der Waals surface area contributed by atoms with Crippen LogP contribution < -0.4 is 10.6 Å². The summed E-state index contributed by atoms with van der Waals surface area (Å²) in [5, 5.41) is 5.56. The van der Waals surface area contributed by atoms with Crippen LogP contribution in [0.4, 0.5) is 5.69 Å². The molecule has 1 aromatic carbocycles. The molecule has 0 bridgehead atoms. The van der Waals surface area contributed by atoms with Crippen LogP contribution in [0.5, 0.6) is 0 Å². The van der Waals surface area contributed by atoms with Gasteiger partial charge in [0, 0.05) is 36.1 Å². The fraction of sp³-hybridized carbons (Fsp3) is 0.188. The van der Waals surface area contributed by atoms with Crippen molar-refractivity contribution in [2.45, 2.75) is 19.4 Å². The summed E-state index contributed by atoms with van der Waals surface area (Å²) in [4.78, 5) is 27.7. The standard InChI is InChI=1S/C16H17N3O2/c1-12(18-16(21)13-5-3-2-4-6-13)11-15(20)19-14-7-9-17-10-8-14/h2-10,12H,11H2,1H3,(H,18,21)(H,17,19,20)/t12-/m0/s1. The van der Waals surface area contributed by atoms with Crippen LogP contribution in [0.25, 0.3) is 0 Å². The van der Waals surface area contributed by atoms with Gasteiger partial charge in [-0.15, -0.1) is 0 Å². The first-order valence-corrected chi connectivity index (χ1v) is 6.71. The lowest BCUT2D eigenvalue weighted by Crippen LogP contribution is -2.35. The predicted molar refractivity (Wildman–Crippen MR) is 80.9 cm³/mol. The lowest BCUT2D eigenvalue weighted by molar-refractivity contribution is -0.116. The highest BCUT2D eigenvalue weighted by atomic mass is 16.2. The molecule has 0 aliphatic carbocycles. The van der Waals surface area contributed by atoms with Crippen molar-refractivity contribution in [3.05, 3.63) is 60.4 Å². The Bertz CT molecular complexity index is 599. The highest BCUT2D eigenvalue weighted by Crippen LogP contribution is 2.05. The predicted octanol–water partition coefficient (Wildman–Crippen LogP) is 2.23. The Morgan fingerprint density at radius 1 is 1.10 bits per heavy atom. The third kappa shape index (κ3) is 4.72. The molecule has 1 atom stereocenters. The van der Waals surface area contributed by atoms with Gasteiger partial charge >= 0.3 is 0 Å². The number of amides is 2. The SMILES string of the molecule is C[C@@H](CC(=O)Nc1ccncc1)NC(=O)c1ccccc1. The van der Waals surface area contributed by atoms with Gasteiger partial charge in [-0.2, -0.15) is 0 Å². The second-order valence-electron chi connectivity index (χ2n) is 4.73. The maximum Gasteiger partial charge on any atom is 0.251 e. The minimum Gasteiger partial charge on any atom is -0.349 e. The molecule has 0 saturated heterocycles. The summed E-state index contributed by atoms with van der Waals surface area (Å²) in [6.45, 7) is 1.80. The molecule has 5 heteroatoms. The van der Waals surface area contributed by atoms with E-state index in [1.807, 2.05) is 6.07 Å². The first-order valence-electron chi connectivity index (χ1n) is 6.71. The average Bonchev–Trinajstić information content (AvgIpc) is 2.48. The molecular formula is C16H17N3O2. The molecule has 2 amide bonds. The number of carbonyl (C=O) groups excluding carboxylic acids is 2. The van der Waals surface area contributed by atoms with Crippen molar-refractivity contribution in [1.82, 2.24) is 10.3 Å². The van der Waals surface area contributed by atoms with Gasteiger partial charge in [-0.25, -0.2) is 0 Å². The highest BCUT2D eigenvalue weighted by Gasteiger charge is 2.13. The van der Waals surface area contributed by atoms with Gasteiger partial charge in [-0.3, -0.25) is 14.6 Å². The van der Waals surface area contributed by atoms with Crippen LogP contribution in [0, 0.1) is 0 Å². The lowest BCUT2D eigenvalue weighted by atomic mass is 10.1. The minimum absolute atomic E-state index is 0.151. The van der Waals surface area contributed by atoms with Gasteiger partial charge in [0.25, 0.3) is 5.91 Å². The molecular weight excluding hydrogens is 266 g/mol. The van der Waals surface area contributed by atoms with Crippen molar-refractivity contribution in [3.63, 3.8) is 0 Å². The second kappa shape index (κ2) is 7.19. The number of benzene rings is 1.